The number of likely N-dealkylation sites (N-methyl/N-ethyl adjacent to an activating group) is 1. The molecule has 1 atom stereocenters. The van der Waals surface area contributed by atoms with Crippen LogP contribution in [0.4, 0.5) is 0 Å². The van der Waals surface area contributed by atoms with Gasteiger partial charge in [0, 0.05) is 19.1 Å². The molecular formula is C11H25IN4. The van der Waals surface area contributed by atoms with Gasteiger partial charge in [0.05, 0.1) is 0 Å². The van der Waals surface area contributed by atoms with Crippen LogP contribution in [0, 0.1) is 5.92 Å². The van der Waals surface area contributed by atoms with Gasteiger partial charge in [0.25, 0.3) is 0 Å². The van der Waals surface area contributed by atoms with Gasteiger partial charge in [0.2, 0.25) is 0 Å². The first-order valence-corrected chi connectivity index (χ1v) is 5.83. The van der Waals surface area contributed by atoms with Crippen molar-refractivity contribution in [1.29, 1.82) is 0 Å². The Morgan fingerprint density at radius 2 is 2.25 bits per heavy atom. The summed E-state index contributed by atoms with van der Waals surface area (Å²) >= 11 is 0. The van der Waals surface area contributed by atoms with Crippen LogP contribution in [0.3, 0.4) is 0 Å². The Morgan fingerprint density at radius 3 is 2.75 bits per heavy atom. The summed E-state index contributed by atoms with van der Waals surface area (Å²) in [5.41, 5.74) is 5.77. The van der Waals surface area contributed by atoms with E-state index in [0.29, 0.717) is 17.9 Å². The molecule has 3 N–H and O–H groups in total. The Hall–Kier alpha value is -0.0400. The monoisotopic (exact) mass is 340 g/mol. The zero-order chi connectivity index (χ0) is 11.3. The number of nitrogens with two attached hydrogens (primary N) is 1. The lowest BCUT2D eigenvalue weighted by atomic mass is 10.2. The molecule has 1 rings (SSSR count). The minimum Gasteiger partial charge on any atom is -0.370 e. The second-order valence-corrected chi connectivity index (χ2v) is 4.78. The topological polar surface area (TPSA) is 53.6 Å². The van der Waals surface area contributed by atoms with Gasteiger partial charge in [-0.2, -0.15) is 0 Å². The lowest BCUT2D eigenvalue weighted by Crippen LogP contribution is -2.41. The summed E-state index contributed by atoms with van der Waals surface area (Å²) < 4.78 is 0. The molecular weight excluding hydrogens is 315 g/mol. The molecule has 0 radical (unpaired) electrons. The maximum Gasteiger partial charge on any atom is 0.188 e. The molecule has 1 aliphatic heterocycles. The third-order valence-corrected chi connectivity index (χ3v) is 2.82. The van der Waals surface area contributed by atoms with Crippen LogP contribution in [0.15, 0.2) is 4.99 Å². The SMILES string of the molecule is CC(C)CN=C(N)NCC1CCCN1C.I. The lowest BCUT2D eigenvalue weighted by molar-refractivity contribution is 0.310. The van der Waals surface area contributed by atoms with Crippen LogP contribution in [0.5, 0.6) is 0 Å². The van der Waals surface area contributed by atoms with E-state index in [2.05, 4.69) is 36.1 Å². The van der Waals surface area contributed by atoms with Gasteiger partial charge in [-0.3, -0.25) is 4.99 Å². The van der Waals surface area contributed by atoms with Crippen molar-refractivity contribution >= 4 is 29.9 Å². The van der Waals surface area contributed by atoms with E-state index >= 15 is 0 Å². The molecule has 1 fully saturated rings. The number of guanidine groups is 1. The highest BCUT2D eigenvalue weighted by molar-refractivity contribution is 14.0. The molecule has 5 heteroatoms. The minimum absolute atomic E-state index is 0. The molecule has 4 nitrogen and oxygen atoms in total. The summed E-state index contributed by atoms with van der Waals surface area (Å²) in [6, 6.07) is 0.623. The third kappa shape index (κ3) is 5.89. The van der Waals surface area contributed by atoms with Crippen molar-refractivity contribution in [2.75, 3.05) is 26.7 Å². The normalized spacial score (nSPS) is 22.2. The summed E-state index contributed by atoms with van der Waals surface area (Å²) in [7, 11) is 2.17. The van der Waals surface area contributed by atoms with E-state index in [0.717, 1.165) is 13.1 Å². The van der Waals surface area contributed by atoms with Crippen LogP contribution in [0.25, 0.3) is 0 Å². The lowest BCUT2D eigenvalue weighted by Gasteiger charge is -2.19. The molecule has 1 heterocycles. The summed E-state index contributed by atoms with van der Waals surface area (Å²) in [4.78, 5) is 6.65. The van der Waals surface area contributed by atoms with E-state index in [1.54, 1.807) is 0 Å². The summed E-state index contributed by atoms with van der Waals surface area (Å²) in [6.45, 7) is 7.21. The molecule has 0 saturated carbocycles. The molecule has 96 valence electrons. The Labute approximate surface area is 116 Å². The van der Waals surface area contributed by atoms with Crippen molar-refractivity contribution in [3.05, 3.63) is 0 Å². The van der Waals surface area contributed by atoms with Crippen molar-refractivity contribution in [1.82, 2.24) is 10.2 Å². The van der Waals surface area contributed by atoms with E-state index in [4.69, 9.17) is 5.73 Å². The Kier molecular flexibility index (Phi) is 8.09. The molecule has 0 aromatic rings. The van der Waals surface area contributed by atoms with Gasteiger partial charge in [-0.1, -0.05) is 13.8 Å². The predicted molar refractivity (Wildman–Crippen MR) is 80.4 cm³/mol. The van der Waals surface area contributed by atoms with Gasteiger partial charge in [-0.15, -0.1) is 24.0 Å². The zero-order valence-corrected chi connectivity index (χ0v) is 12.9. The maximum atomic E-state index is 5.77. The smallest absolute Gasteiger partial charge is 0.188 e. The van der Waals surface area contributed by atoms with Crippen LogP contribution in [0.2, 0.25) is 0 Å². The van der Waals surface area contributed by atoms with Gasteiger partial charge in [-0.05, 0) is 32.4 Å². The van der Waals surface area contributed by atoms with E-state index in [1.807, 2.05) is 0 Å². The highest BCUT2D eigenvalue weighted by Gasteiger charge is 2.20. The number of nitrogens with zero attached hydrogens (tertiary/aromatic N) is 2. The van der Waals surface area contributed by atoms with E-state index in [9.17, 15) is 0 Å². The highest BCUT2D eigenvalue weighted by atomic mass is 127. The molecule has 0 aromatic heterocycles. The van der Waals surface area contributed by atoms with Gasteiger partial charge in [0.15, 0.2) is 5.96 Å². The molecule has 1 saturated heterocycles. The maximum absolute atomic E-state index is 5.77. The first-order valence-electron chi connectivity index (χ1n) is 5.83. The molecule has 1 aliphatic rings. The quantitative estimate of drug-likeness (QED) is 0.460. The molecule has 1 unspecified atom stereocenters. The number of hydrogen-bond acceptors (Lipinski definition) is 2. The molecule has 0 aromatic carbocycles. The summed E-state index contributed by atoms with van der Waals surface area (Å²) in [5.74, 6) is 1.16. The van der Waals surface area contributed by atoms with Gasteiger partial charge in [-0.25, -0.2) is 0 Å². The molecule has 0 aliphatic carbocycles. The Balaban J connectivity index is 0.00000225. The zero-order valence-electron chi connectivity index (χ0n) is 10.6. The Bertz CT molecular complexity index is 218. The van der Waals surface area contributed by atoms with Crippen molar-refractivity contribution in [2.24, 2.45) is 16.6 Å². The van der Waals surface area contributed by atoms with Gasteiger partial charge < -0.3 is 16.0 Å². The van der Waals surface area contributed by atoms with E-state index in [1.165, 1.54) is 19.4 Å². The number of aliphatic imine (C=N–C) groups is 1. The Morgan fingerprint density at radius 1 is 1.56 bits per heavy atom. The van der Waals surface area contributed by atoms with Crippen LogP contribution in [0.1, 0.15) is 26.7 Å². The van der Waals surface area contributed by atoms with Crippen LogP contribution >= 0.6 is 24.0 Å². The minimum atomic E-state index is 0. The second kappa shape index (κ2) is 8.11. The van der Waals surface area contributed by atoms with E-state index < -0.39 is 0 Å². The number of rotatable bonds is 4. The summed E-state index contributed by atoms with van der Waals surface area (Å²) in [5, 5.41) is 3.20. The first-order chi connectivity index (χ1) is 7.09. The van der Waals surface area contributed by atoms with Gasteiger partial charge >= 0.3 is 0 Å². The number of halogens is 1. The third-order valence-electron chi connectivity index (χ3n) is 2.82. The predicted octanol–water partition coefficient (Wildman–Crippen LogP) is 1.26. The molecule has 0 spiro atoms. The molecule has 16 heavy (non-hydrogen) atoms. The number of hydrogen-bond donors (Lipinski definition) is 2. The fourth-order valence-corrected chi connectivity index (χ4v) is 1.80. The van der Waals surface area contributed by atoms with Crippen molar-refractivity contribution < 1.29 is 0 Å². The second-order valence-electron chi connectivity index (χ2n) is 4.78. The van der Waals surface area contributed by atoms with Crippen LogP contribution < -0.4 is 11.1 Å². The number of nitrogens with one attached hydrogen (secondary N) is 1. The average molecular weight is 340 g/mol. The van der Waals surface area contributed by atoms with Crippen LogP contribution in [-0.2, 0) is 0 Å². The molecule has 0 bridgehead atoms. The first kappa shape index (κ1) is 16.0. The largest absolute Gasteiger partial charge is 0.370 e. The van der Waals surface area contributed by atoms with Gasteiger partial charge in [0.1, 0.15) is 0 Å². The fraction of sp³-hybridized carbons (Fsp3) is 0.909. The standard InChI is InChI=1S/C11H24N4.HI/c1-9(2)7-13-11(12)14-8-10-5-4-6-15(10)3;/h9-10H,4-8H2,1-3H3,(H3,12,13,14);1H. The number of likely N-dealkylation sites (tertiary alicyclic amines) is 1. The molecule has 0 amide bonds. The highest BCUT2D eigenvalue weighted by Crippen LogP contribution is 2.13. The van der Waals surface area contributed by atoms with Crippen molar-refractivity contribution in [3.8, 4) is 0 Å². The van der Waals surface area contributed by atoms with Crippen molar-refractivity contribution in [3.63, 3.8) is 0 Å². The van der Waals surface area contributed by atoms with Crippen molar-refractivity contribution in [2.45, 2.75) is 32.7 Å². The van der Waals surface area contributed by atoms with Crippen LogP contribution in [-0.4, -0.2) is 43.6 Å². The van der Waals surface area contributed by atoms with E-state index in [-0.39, 0.29) is 24.0 Å². The average Bonchev–Trinajstić information content (AvgIpc) is 2.58. The summed E-state index contributed by atoms with van der Waals surface area (Å²) in [6.07, 6.45) is 2.56. The fourth-order valence-electron chi connectivity index (χ4n) is 1.80.